The maximum absolute atomic E-state index is 11.4. The van der Waals surface area contributed by atoms with Gasteiger partial charge in [-0.25, -0.2) is 4.63 Å². The Balaban J connectivity index is 2.14. The molecule has 0 aliphatic carbocycles. The van der Waals surface area contributed by atoms with Crippen molar-refractivity contribution >= 4 is 34.0 Å². The Bertz CT molecular complexity index is 664. The lowest BCUT2D eigenvalue weighted by atomic mass is 9.98. The van der Waals surface area contributed by atoms with E-state index in [-0.39, 0.29) is 16.7 Å². The highest BCUT2D eigenvalue weighted by molar-refractivity contribution is 6.35. The van der Waals surface area contributed by atoms with E-state index in [1.807, 2.05) is 4.90 Å². The first kappa shape index (κ1) is 13.1. The topological polar surface area (TPSA) is 85.3 Å². The Labute approximate surface area is 119 Å². The molecule has 1 aromatic carbocycles. The third kappa shape index (κ3) is 2.07. The molecule has 0 unspecified atom stereocenters. The number of nitro groups is 1. The normalized spacial score (nSPS) is 16.8. The number of aromatic nitrogens is 2. The molecule has 1 fully saturated rings. The molecular formula is C12H13ClN4O3. The monoisotopic (exact) mass is 296 g/mol. The van der Waals surface area contributed by atoms with Crippen molar-refractivity contribution < 1.29 is 9.55 Å². The predicted molar refractivity (Wildman–Crippen MR) is 74.1 cm³/mol. The molecule has 0 spiro atoms. The zero-order valence-electron chi connectivity index (χ0n) is 10.9. The standard InChI is InChI=1S/C12H13ClN4O3/c1-7-2-4-16(5-3-7)9-6-8(13)10-11(15-20-14-10)12(9)17(18)19/h6-7H,2-5H2,1H3. The third-order valence-electron chi connectivity index (χ3n) is 3.75. The molecule has 0 amide bonds. The SMILES string of the molecule is CC1CCN(c2cc(Cl)c3nonc3c2[N+](=O)[O-])CC1. The molecule has 1 saturated heterocycles. The van der Waals surface area contributed by atoms with Gasteiger partial charge in [-0.2, -0.15) is 0 Å². The molecule has 0 saturated carbocycles. The average Bonchev–Trinajstić information content (AvgIpc) is 2.88. The Morgan fingerprint density at radius 2 is 2.05 bits per heavy atom. The van der Waals surface area contributed by atoms with Gasteiger partial charge in [0, 0.05) is 13.1 Å². The van der Waals surface area contributed by atoms with E-state index < -0.39 is 4.92 Å². The van der Waals surface area contributed by atoms with Crippen LogP contribution in [0.25, 0.3) is 11.0 Å². The number of rotatable bonds is 2. The molecule has 106 valence electrons. The highest BCUT2D eigenvalue weighted by atomic mass is 35.5. The van der Waals surface area contributed by atoms with Crippen LogP contribution in [0.5, 0.6) is 0 Å². The molecule has 1 aliphatic rings. The fourth-order valence-corrected chi connectivity index (χ4v) is 2.78. The summed E-state index contributed by atoms with van der Waals surface area (Å²) < 4.78 is 4.59. The van der Waals surface area contributed by atoms with E-state index in [4.69, 9.17) is 11.6 Å². The summed E-state index contributed by atoms with van der Waals surface area (Å²) in [6.45, 7) is 3.73. The van der Waals surface area contributed by atoms with E-state index in [0.717, 1.165) is 25.9 Å². The van der Waals surface area contributed by atoms with Gasteiger partial charge < -0.3 is 4.90 Å². The summed E-state index contributed by atoms with van der Waals surface area (Å²) in [5.74, 6) is 0.637. The first-order valence-electron chi connectivity index (χ1n) is 6.42. The van der Waals surface area contributed by atoms with Gasteiger partial charge in [0.25, 0.3) is 0 Å². The summed E-state index contributed by atoms with van der Waals surface area (Å²) in [7, 11) is 0. The maximum atomic E-state index is 11.4. The van der Waals surface area contributed by atoms with Crippen LogP contribution < -0.4 is 4.90 Å². The minimum atomic E-state index is -0.448. The second kappa shape index (κ2) is 4.90. The van der Waals surface area contributed by atoms with E-state index in [9.17, 15) is 10.1 Å². The molecule has 1 aliphatic heterocycles. The van der Waals surface area contributed by atoms with Crippen LogP contribution in [0.3, 0.4) is 0 Å². The molecule has 0 radical (unpaired) electrons. The summed E-state index contributed by atoms with van der Waals surface area (Å²) in [6, 6.07) is 1.59. The van der Waals surface area contributed by atoms with Crippen LogP contribution in [0, 0.1) is 16.0 Å². The van der Waals surface area contributed by atoms with Crippen LogP contribution >= 0.6 is 11.6 Å². The van der Waals surface area contributed by atoms with Gasteiger partial charge in [0.2, 0.25) is 5.52 Å². The highest BCUT2D eigenvalue weighted by Crippen LogP contribution is 2.39. The number of halogens is 1. The van der Waals surface area contributed by atoms with Crippen LogP contribution in [0.15, 0.2) is 10.7 Å². The smallest absolute Gasteiger partial charge is 0.323 e. The van der Waals surface area contributed by atoms with E-state index in [1.54, 1.807) is 6.07 Å². The first-order valence-corrected chi connectivity index (χ1v) is 6.80. The summed E-state index contributed by atoms with van der Waals surface area (Å²) >= 11 is 6.12. The van der Waals surface area contributed by atoms with E-state index in [0.29, 0.717) is 16.6 Å². The Kier molecular flexibility index (Phi) is 3.21. The predicted octanol–water partition coefficient (Wildman–Crippen LogP) is 3.02. The van der Waals surface area contributed by atoms with Crippen LogP contribution in [-0.4, -0.2) is 28.3 Å². The third-order valence-corrected chi connectivity index (χ3v) is 4.04. The van der Waals surface area contributed by atoms with Crippen molar-refractivity contribution in [2.45, 2.75) is 19.8 Å². The summed E-state index contributed by atoms with van der Waals surface area (Å²) in [5, 5.41) is 18.9. The van der Waals surface area contributed by atoms with Crippen LogP contribution in [-0.2, 0) is 0 Å². The second-order valence-electron chi connectivity index (χ2n) is 5.11. The van der Waals surface area contributed by atoms with Crippen LogP contribution in [0.4, 0.5) is 11.4 Å². The zero-order chi connectivity index (χ0) is 14.3. The number of hydrogen-bond donors (Lipinski definition) is 0. The number of anilines is 1. The molecule has 0 bridgehead atoms. The first-order chi connectivity index (χ1) is 9.58. The molecule has 2 heterocycles. The molecule has 2 aromatic rings. The van der Waals surface area contributed by atoms with Crippen LogP contribution in [0.2, 0.25) is 5.02 Å². The van der Waals surface area contributed by atoms with Crippen molar-refractivity contribution in [2.75, 3.05) is 18.0 Å². The second-order valence-corrected chi connectivity index (χ2v) is 5.52. The van der Waals surface area contributed by atoms with Gasteiger partial charge >= 0.3 is 5.69 Å². The summed E-state index contributed by atoms with van der Waals surface area (Å²) in [5.41, 5.74) is 0.749. The molecule has 0 N–H and O–H groups in total. The fraction of sp³-hybridized carbons (Fsp3) is 0.500. The van der Waals surface area contributed by atoms with Crippen molar-refractivity contribution in [2.24, 2.45) is 5.92 Å². The molecule has 1 aromatic heterocycles. The molecular weight excluding hydrogens is 284 g/mol. The maximum Gasteiger partial charge on any atom is 0.323 e. The summed E-state index contributed by atoms with van der Waals surface area (Å²) in [6.07, 6.45) is 2.01. The Hall–Kier alpha value is -1.89. The van der Waals surface area contributed by atoms with Gasteiger partial charge in [0.1, 0.15) is 5.69 Å². The Morgan fingerprint density at radius 1 is 1.40 bits per heavy atom. The van der Waals surface area contributed by atoms with E-state index in [2.05, 4.69) is 21.9 Å². The Morgan fingerprint density at radius 3 is 2.70 bits per heavy atom. The minimum absolute atomic E-state index is 0.0831. The molecule has 0 atom stereocenters. The number of nitrogens with zero attached hydrogens (tertiary/aromatic N) is 4. The van der Waals surface area contributed by atoms with Gasteiger partial charge in [0.15, 0.2) is 5.52 Å². The fourth-order valence-electron chi connectivity index (χ4n) is 2.55. The van der Waals surface area contributed by atoms with Crippen molar-refractivity contribution in [3.05, 3.63) is 21.2 Å². The lowest BCUT2D eigenvalue weighted by molar-refractivity contribution is -0.382. The number of benzene rings is 1. The quantitative estimate of drug-likeness (QED) is 0.625. The van der Waals surface area contributed by atoms with Gasteiger partial charge in [-0.15, -0.1) is 0 Å². The lowest BCUT2D eigenvalue weighted by Gasteiger charge is -2.31. The van der Waals surface area contributed by atoms with Crippen molar-refractivity contribution in [3.8, 4) is 0 Å². The highest BCUT2D eigenvalue weighted by Gasteiger charge is 2.29. The molecule has 7 nitrogen and oxygen atoms in total. The van der Waals surface area contributed by atoms with Gasteiger partial charge in [-0.05, 0) is 35.1 Å². The van der Waals surface area contributed by atoms with Crippen LogP contribution in [0.1, 0.15) is 19.8 Å². The lowest BCUT2D eigenvalue weighted by Crippen LogP contribution is -2.33. The number of fused-ring (bicyclic) bond motifs is 1. The largest absolute Gasteiger partial charge is 0.366 e. The van der Waals surface area contributed by atoms with Gasteiger partial charge in [-0.1, -0.05) is 18.5 Å². The van der Waals surface area contributed by atoms with Crippen molar-refractivity contribution in [1.29, 1.82) is 0 Å². The van der Waals surface area contributed by atoms with Crippen molar-refractivity contribution in [3.63, 3.8) is 0 Å². The minimum Gasteiger partial charge on any atom is -0.366 e. The van der Waals surface area contributed by atoms with Gasteiger partial charge in [-0.3, -0.25) is 10.1 Å². The van der Waals surface area contributed by atoms with Crippen molar-refractivity contribution in [1.82, 2.24) is 10.3 Å². The molecule has 8 heteroatoms. The summed E-state index contributed by atoms with van der Waals surface area (Å²) in [4.78, 5) is 12.9. The van der Waals surface area contributed by atoms with Gasteiger partial charge in [0.05, 0.1) is 9.95 Å². The number of hydrogen-bond acceptors (Lipinski definition) is 6. The van der Waals surface area contributed by atoms with E-state index >= 15 is 0 Å². The molecule has 3 rings (SSSR count). The number of nitro benzene ring substituents is 1. The van der Waals surface area contributed by atoms with E-state index in [1.165, 1.54) is 0 Å². The number of piperidine rings is 1. The zero-order valence-corrected chi connectivity index (χ0v) is 11.6. The molecule has 20 heavy (non-hydrogen) atoms. The average molecular weight is 297 g/mol.